The zero-order chi connectivity index (χ0) is 13.3. The van der Waals surface area contributed by atoms with Gasteiger partial charge in [-0.3, -0.25) is 0 Å². The molecule has 0 aliphatic carbocycles. The van der Waals surface area contributed by atoms with E-state index in [1.54, 1.807) is 0 Å². The van der Waals surface area contributed by atoms with Crippen molar-refractivity contribution in [2.45, 2.75) is 26.2 Å². The Morgan fingerprint density at radius 1 is 1.39 bits per heavy atom. The van der Waals surface area contributed by atoms with Crippen LogP contribution in [0.2, 0.25) is 0 Å². The van der Waals surface area contributed by atoms with Crippen molar-refractivity contribution in [2.24, 2.45) is 0 Å². The number of nitrogens with zero attached hydrogens (tertiary/aromatic N) is 2. The molecule has 0 bridgehead atoms. The van der Waals surface area contributed by atoms with Crippen molar-refractivity contribution >= 4 is 23.6 Å². The number of nitriles is 1. The van der Waals surface area contributed by atoms with Crippen LogP contribution in [0.1, 0.15) is 31.5 Å². The van der Waals surface area contributed by atoms with Crippen LogP contribution in [0.3, 0.4) is 0 Å². The average molecular weight is 275 g/mol. The lowest BCUT2D eigenvalue weighted by atomic mass is 9.95. The van der Waals surface area contributed by atoms with Crippen LogP contribution in [0.4, 0.5) is 0 Å². The summed E-state index contributed by atoms with van der Waals surface area (Å²) in [5.41, 5.74) is 0.838. The van der Waals surface area contributed by atoms with Crippen molar-refractivity contribution in [2.75, 3.05) is 0 Å². The molecule has 2 rings (SSSR count). The summed E-state index contributed by atoms with van der Waals surface area (Å²) < 4.78 is 0.570. The molecule has 0 amide bonds. The number of hydrogen-bond donors (Lipinski definition) is 1. The first-order valence-corrected chi connectivity index (χ1v) is 6.75. The molecule has 0 unspecified atom stereocenters. The second-order valence-electron chi connectivity index (χ2n) is 5.01. The summed E-state index contributed by atoms with van der Waals surface area (Å²) in [6.45, 7) is 6.25. The van der Waals surface area contributed by atoms with E-state index < -0.39 is 0 Å². The van der Waals surface area contributed by atoms with Gasteiger partial charge in [0.2, 0.25) is 0 Å². The smallest absolute Gasteiger partial charge is 0.130 e. The minimum absolute atomic E-state index is 0.0844. The maximum Gasteiger partial charge on any atom is 0.130 e. The standard InChI is InChI=1S/C13H13N3S2/c1-13(2,3)12-15-9(6-11(17)16-12)10-5-4-8(7-14)18-10/h4-6H,1-3H3,(H,15,16,17). The van der Waals surface area contributed by atoms with Crippen LogP contribution in [-0.2, 0) is 5.41 Å². The number of nitrogens with one attached hydrogen (secondary N) is 1. The van der Waals surface area contributed by atoms with E-state index in [1.807, 2.05) is 18.2 Å². The minimum atomic E-state index is -0.0844. The highest BCUT2D eigenvalue weighted by molar-refractivity contribution is 7.71. The van der Waals surface area contributed by atoms with Crippen LogP contribution in [0.15, 0.2) is 18.2 Å². The monoisotopic (exact) mass is 275 g/mol. The SMILES string of the molecule is CC(C)(C)c1nc(=S)cc(-c2ccc(C#N)s2)[nH]1. The van der Waals surface area contributed by atoms with E-state index in [0.29, 0.717) is 9.52 Å². The van der Waals surface area contributed by atoms with Gasteiger partial charge in [-0.2, -0.15) is 5.26 Å². The molecule has 0 saturated heterocycles. The first-order valence-electron chi connectivity index (χ1n) is 5.52. The van der Waals surface area contributed by atoms with Crippen molar-refractivity contribution in [1.82, 2.24) is 9.97 Å². The van der Waals surface area contributed by atoms with Crippen LogP contribution >= 0.6 is 23.6 Å². The lowest BCUT2D eigenvalue weighted by molar-refractivity contribution is 0.545. The lowest BCUT2D eigenvalue weighted by Gasteiger charge is -2.18. The van der Waals surface area contributed by atoms with Gasteiger partial charge in [-0.15, -0.1) is 11.3 Å². The fourth-order valence-corrected chi connectivity index (χ4v) is 2.47. The highest BCUT2D eigenvalue weighted by Crippen LogP contribution is 2.28. The highest BCUT2D eigenvalue weighted by Gasteiger charge is 2.17. The first kappa shape index (κ1) is 12.9. The molecule has 0 fully saturated rings. The van der Waals surface area contributed by atoms with Gasteiger partial charge >= 0.3 is 0 Å². The van der Waals surface area contributed by atoms with Gasteiger partial charge in [0.1, 0.15) is 21.4 Å². The Hall–Kier alpha value is -1.51. The number of H-pyrrole nitrogens is 1. The van der Waals surface area contributed by atoms with E-state index in [4.69, 9.17) is 17.5 Å². The Morgan fingerprint density at radius 3 is 2.67 bits per heavy atom. The Labute approximate surface area is 115 Å². The second kappa shape index (κ2) is 4.63. The van der Waals surface area contributed by atoms with Gasteiger partial charge in [0.25, 0.3) is 0 Å². The second-order valence-corrected chi connectivity index (χ2v) is 6.51. The largest absolute Gasteiger partial charge is 0.342 e. The Balaban J connectivity index is 2.56. The van der Waals surface area contributed by atoms with Crippen LogP contribution < -0.4 is 0 Å². The molecular weight excluding hydrogens is 262 g/mol. The molecule has 0 atom stereocenters. The summed E-state index contributed by atoms with van der Waals surface area (Å²) in [4.78, 5) is 9.36. The van der Waals surface area contributed by atoms with Crippen molar-refractivity contribution < 1.29 is 0 Å². The van der Waals surface area contributed by atoms with Gasteiger partial charge in [0, 0.05) is 5.41 Å². The molecule has 0 aromatic carbocycles. The molecule has 2 aromatic rings. The highest BCUT2D eigenvalue weighted by atomic mass is 32.1. The Kier molecular flexibility index (Phi) is 3.33. The third-order valence-electron chi connectivity index (χ3n) is 2.43. The molecule has 2 aromatic heterocycles. The van der Waals surface area contributed by atoms with Gasteiger partial charge in [-0.25, -0.2) is 4.98 Å². The first-order chi connectivity index (χ1) is 8.40. The zero-order valence-electron chi connectivity index (χ0n) is 10.4. The fourth-order valence-electron chi connectivity index (χ4n) is 1.49. The molecule has 92 valence electrons. The molecule has 0 aliphatic heterocycles. The molecule has 0 saturated carbocycles. The molecule has 0 aliphatic rings. The predicted octanol–water partition coefficient (Wildman–Crippen LogP) is 4.04. The van der Waals surface area contributed by atoms with Crippen LogP contribution in [0, 0.1) is 16.0 Å². The van der Waals surface area contributed by atoms with Gasteiger partial charge in [0.15, 0.2) is 0 Å². The summed E-state index contributed by atoms with van der Waals surface area (Å²) >= 11 is 6.65. The third-order valence-corrected chi connectivity index (χ3v) is 3.67. The predicted molar refractivity (Wildman–Crippen MR) is 76.1 cm³/mol. The van der Waals surface area contributed by atoms with Crippen molar-refractivity contribution in [1.29, 1.82) is 5.26 Å². The third kappa shape index (κ3) is 2.66. The summed E-state index contributed by atoms with van der Waals surface area (Å²) in [5.74, 6) is 0.858. The molecule has 0 spiro atoms. The normalized spacial score (nSPS) is 11.2. The molecule has 0 radical (unpaired) electrons. The summed E-state index contributed by atoms with van der Waals surface area (Å²) in [5, 5.41) is 8.85. The van der Waals surface area contributed by atoms with E-state index in [0.717, 1.165) is 16.4 Å². The minimum Gasteiger partial charge on any atom is -0.342 e. The average Bonchev–Trinajstić information content (AvgIpc) is 2.75. The topological polar surface area (TPSA) is 52.5 Å². The molecule has 2 heterocycles. The summed E-state index contributed by atoms with van der Waals surface area (Å²) in [7, 11) is 0. The van der Waals surface area contributed by atoms with E-state index in [1.165, 1.54) is 11.3 Å². The Bertz CT molecular complexity index is 669. The van der Waals surface area contributed by atoms with Crippen molar-refractivity contribution in [3.8, 4) is 16.6 Å². The lowest BCUT2D eigenvalue weighted by Crippen LogP contribution is -2.16. The quantitative estimate of drug-likeness (QED) is 0.799. The fraction of sp³-hybridized carbons (Fsp3) is 0.308. The number of aromatic amines is 1. The summed E-state index contributed by atoms with van der Waals surface area (Å²) in [6.07, 6.45) is 0. The van der Waals surface area contributed by atoms with E-state index >= 15 is 0 Å². The van der Waals surface area contributed by atoms with E-state index in [9.17, 15) is 0 Å². The van der Waals surface area contributed by atoms with Crippen LogP contribution in [0.25, 0.3) is 10.6 Å². The van der Waals surface area contributed by atoms with Crippen LogP contribution in [-0.4, -0.2) is 9.97 Å². The molecule has 3 nitrogen and oxygen atoms in total. The van der Waals surface area contributed by atoms with E-state index in [2.05, 4.69) is 36.8 Å². The van der Waals surface area contributed by atoms with Crippen molar-refractivity contribution in [3.63, 3.8) is 0 Å². The van der Waals surface area contributed by atoms with Gasteiger partial charge < -0.3 is 4.98 Å². The summed E-state index contributed by atoms with van der Waals surface area (Å²) in [6, 6.07) is 7.71. The number of aromatic nitrogens is 2. The maximum absolute atomic E-state index is 8.85. The Morgan fingerprint density at radius 2 is 2.11 bits per heavy atom. The molecule has 18 heavy (non-hydrogen) atoms. The number of thiophene rings is 1. The van der Waals surface area contributed by atoms with E-state index in [-0.39, 0.29) is 5.41 Å². The van der Waals surface area contributed by atoms with Gasteiger partial charge in [-0.05, 0) is 18.2 Å². The zero-order valence-corrected chi connectivity index (χ0v) is 12.1. The van der Waals surface area contributed by atoms with Gasteiger partial charge in [0.05, 0.1) is 10.6 Å². The molecule has 5 heteroatoms. The maximum atomic E-state index is 8.85. The number of hydrogen-bond acceptors (Lipinski definition) is 4. The van der Waals surface area contributed by atoms with Crippen LogP contribution in [0.5, 0.6) is 0 Å². The van der Waals surface area contributed by atoms with Gasteiger partial charge in [-0.1, -0.05) is 33.0 Å². The molecular formula is C13H13N3S2. The van der Waals surface area contributed by atoms with Crippen molar-refractivity contribution in [3.05, 3.63) is 33.5 Å². The molecule has 1 N–H and O–H groups in total. The number of rotatable bonds is 1.